The lowest BCUT2D eigenvalue weighted by molar-refractivity contribution is -0.122. The molecule has 31 heavy (non-hydrogen) atoms. The second kappa shape index (κ2) is 10.4. The minimum atomic E-state index is -0.167. The van der Waals surface area contributed by atoms with Crippen LogP contribution in [0.4, 0.5) is 5.82 Å². The third kappa shape index (κ3) is 4.85. The predicted molar refractivity (Wildman–Crippen MR) is 134 cm³/mol. The molecule has 0 aromatic carbocycles. The molecule has 0 radical (unpaired) electrons. The molecule has 0 atom stereocenters. The number of carbonyl (C=O) groups excluding carboxylic acids is 1. The van der Waals surface area contributed by atoms with Crippen molar-refractivity contribution in [2.75, 3.05) is 24.5 Å². The fourth-order valence-corrected chi connectivity index (χ4v) is 4.96. The fraction of sp³-hybridized carbons (Fsp3) is 0.478. The van der Waals surface area contributed by atoms with Crippen LogP contribution in [0.5, 0.6) is 0 Å². The summed E-state index contributed by atoms with van der Waals surface area (Å²) in [7, 11) is 0. The predicted octanol–water partition coefficient (Wildman–Crippen LogP) is 4.63. The molecule has 1 fully saturated rings. The Kier molecular flexibility index (Phi) is 7.89. The molecule has 2 aromatic heterocycles. The molecule has 0 saturated carbocycles. The number of thiocarbonyl (C=S) groups is 1. The van der Waals surface area contributed by atoms with Gasteiger partial charge in [0.25, 0.3) is 11.5 Å². The van der Waals surface area contributed by atoms with Gasteiger partial charge in [0.1, 0.15) is 15.8 Å². The second-order valence-corrected chi connectivity index (χ2v) is 9.39. The van der Waals surface area contributed by atoms with Crippen LogP contribution in [0.15, 0.2) is 28.0 Å². The number of rotatable bonds is 9. The summed E-state index contributed by atoms with van der Waals surface area (Å²) in [5.74, 6) is 0.516. The highest BCUT2D eigenvalue weighted by Crippen LogP contribution is 2.33. The SMILES string of the molecule is CCCCN1C(=O)/C(=C\c2c(N(CCC)CCC)nc3c(C)cccn3c2=O)SC1=S. The molecule has 1 aliphatic heterocycles. The Morgan fingerprint density at radius 1 is 1.16 bits per heavy atom. The Labute approximate surface area is 193 Å². The zero-order chi connectivity index (χ0) is 22.5. The number of nitrogens with zero attached hydrogens (tertiary/aromatic N) is 4. The first-order chi connectivity index (χ1) is 14.9. The van der Waals surface area contributed by atoms with Gasteiger partial charge in [0.2, 0.25) is 0 Å². The number of hydrogen-bond donors (Lipinski definition) is 0. The number of amides is 1. The molecule has 0 N–H and O–H groups in total. The van der Waals surface area contributed by atoms with Gasteiger partial charge in [-0.2, -0.15) is 0 Å². The summed E-state index contributed by atoms with van der Waals surface area (Å²) in [6.07, 6.45) is 7.18. The van der Waals surface area contributed by atoms with Gasteiger partial charge in [-0.15, -0.1) is 0 Å². The van der Waals surface area contributed by atoms with Crippen molar-refractivity contribution in [1.82, 2.24) is 14.3 Å². The van der Waals surface area contributed by atoms with E-state index >= 15 is 0 Å². The largest absolute Gasteiger partial charge is 0.356 e. The van der Waals surface area contributed by atoms with Crippen LogP contribution in [0, 0.1) is 6.92 Å². The summed E-state index contributed by atoms with van der Waals surface area (Å²) in [6.45, 7) is 10.5. The molecule has 0 spiro atoms. The molecule has 0 bridgehead atoms. The third-order valence-electron chi connectivity index (χ3n) is 5.24. The van der Waals surface area contributed by atoms with Crippen LogP contribution in [0.2, 0.25) is 0 Å². The van der Waals surface area contributed by atoms with Crippen LogP contribution in [-0.4, -0.2) is 44.1 Å². The molecule has 3 rings (SSSR count). The Hall–Kier alpha value is -2.19. The van der Waals surface area contributed by atoms with E-state index in [0.29, 0.717) is 32.8 Å². The highest BCUT2D eigenvalue weighted by atomic mass is 32.2. The molecule has 0 unspecified atom stereocenters. The summed E-state index contributed by atoms with van der Waals surface area (Å²) in [6, 6.07) is 3.79. The highest BCUT2D eigenvalue weighted by molar-refractivity contribution is 8.26. The van der Waals surface area contributed by atoms with E-state index < -0.39 is 0 Å². The van der Waals surface area contributed by atoms with Crippen LogP contribution in [0.3, 0.4) is 0 Å². The molecule has 0 aliphatic carbocycles. The molecule has 3 heterocycles. The van der Waals surface area contributed by atoms with Crippen molar-refractivity contribution in [3.63, 3.8) is 0 Å². The minimum absolute atomic E-state index is 0.124. The van der Waals surface area contributed by atoms with Crippen molar-refractivity contribution in [3.05, 3.63) is 44.7 Å². The van der Waals surface area contributed by atoms with Gasteiger partial charge in [0.15, 0.2) is 0 Å². The average molecular weight is 459 g/mol. The van der Waals surface area contributed by atoms with E-state index in [2.05, 4.69) is 25.7 Å². The van der Waals surface area contributed by atoms with Crippen molar-refractivity contribution in [2.45, 2.75) is 53.4 Å². The molecule has 2 aromatic rings. The summed E-state index contributed by atoms with van der Waals surface area (Å²) in [5.41, 5.74) is 1.86. The zero-order valence-corrected chi connectivity index (χ0v) is 20.3. The normalized spacial score (nSPS) is 15.5. The van der Waals surface area contributed by atoms with Crippen LogP contribution in [-0.2, 0) is 4.79 Å². The number of pyridine rings is 1. The average Bonchev–Trinajstić information content (AvgIpc) is 3.01. The third-order valence-corrected chi connectivity index (χ3v) is 6.61. The maximum absolute atomic E-state index is 13.5. The summed E-state index contributed by atoms with van der Waals surface area (Å²) < 4.78 is 2.12. The summed E-state index contributed by atoms with van der Waals surface area (Å²) >= 11 is 6.70. The van der Waals surface area contributed by atoms with Gasteiger partial charge in [-0.05, 0) is 43.9 Å². The first kappa shape index (κ1) is 23.5. The molecular formula is C23H30N4O2S2. The Bertz CT molecular complexity index is 1070. The van der Waals surface area contributed by atoms with Crippen molar-refractivity contribution in [2.24, 2.45) is 0 Å². The Morgan fingerprint density at radius 2 is 1.87 bits per heavy atom. The van der Waals surface area contributed by atoms with Gasteiger partial charge in [0.05, 0.1) is 10.5 Å². The molecule has 8 heteroatoms. The van der Waals surface area contributed by atoms with E-state index in [1.165, 1.54) is 11.8 Å². The molecule has 166 valence electrons. The quantitative estimate of drug-likeness (QED) is 0.403. The summed E-state index contributed by atoms with van der Waals surface area (Å²) in [5, 5.41) is 0. The van der Waals surface area contributed by atoms with Gasteiger partial charge in [-0.1, -0.05) is 57.2 Å². The number of carbonyl (C=O) groups is 1. The minimum Gasteiger partial charge on any atom is -0.356 e. The van der Waals surface area contributed by atoms with E-state index in [9.17, 15) is 9.59 Å². The van der Waals surface area contributed by atoms with Crippen molar-refractivity contribution in [1.29, 1.82) is 0 Å². The molecule has 1 saturated heterocycles. The van der Waals surface area contributed by atoms with Crippen LogP contribution < -0.4 is 10.5 Å². The van der Waals surface area contributed by atoms with Crippen LogP contribution in [0.1, 0.15) is 57.6 Å². The van der Waals surface area contributed by atoms with E-state index in [0.717, 1.165) is 44.3 Å². The number of fused-ring (bicyclic) bond motifs is 1. The monoisotopic (exact) mass is 458 g/mol. The number of hydrogen-bond acceptors (Lipinski definition) is 6. The lowest BCUT2D eigenvalue weighted by Gasteiger charge is -2.25. The van der Waals surface area contributed by atoms with Crippen molar-refractivity contribution < 1.29 is 4.79 Å². The zero-order valence-electron chi connectivity index (χ0n) is 18.7. The number of anilines is 1. The Balaban J connectivity index is 2.18. The van der Waals surface area contributed by atoms with Gasteiger partial charge >= 0.3 is 0 Å². The molecule has 1 amide bonds. The van der Waals surface area contributed by atoms with Gasteiger partial charge in [-0.3, -0.25) is 18.9 Å². The number of aromatic nitrogens is 2. The molecule has 1 aliphatic rings. The standard InChI is InChI=1S/C23H30N4O2S2/c1-5-8-13-27-22(29)18(31-23(27)30)15-17-20(25(11-6-2)12-7-3)24-19-16(4)10-9-14-26(19)21(17)28/h9-10,14-15H,5-8,11-13H2,1-4H3/b18-15+. The lowest BCUT2D eigenvalue weighted by atomic mass is 10.2. The van der Waals surface area contributed by atoms with Crippen molar-refractivity contribution in [3.8, 4) is 0 Å². The number of unbranched alkanes of at least 4 members (excludes halogenated alkanes) is 1. The number of aryl methyl sites for hydroxylation is 1. The van der Waals surface area contributed by atoms with E-state index in [4.69, 9.17) is 17.2 Å². The smallest absolute Gasteiger partial charge is 0.267 e. The van der Waals surface area contributed by atoms with Gasteiger partial charge < -0.3 is 4.90 Å². The second-order valence-electron chi connectivity index (χ2n) is 7.71. The van der Waals surface area contributed by atoms with Crippen LogP contribution >= 0.6 is 24.0 Å². The Morgan fingerprint density at radius 3 is 2.52 bits per heavy atom. The van der Waals surface area contributed by atoms with E-state index in [1.807, 2.05) is 19.1 Å². The molecular weight excluding hydrogens is 428 g/mol. The van der Waals surface area contributed by atoms with Crippen molar-refractivity contribution >= 4 is 51.7 Å². The first-order valence-electron chi connectivity index (χ1n) is 10.9. The highest BCUT2D eigenvalue weighted by Gasteiger charge is 2.32. The molecule has 6 nitrogen and oxygen atoms in total. The maximum atomic E-state index is 13.5. The van der Waals surface area contributed by atoms with E-state index in [1.54, 1.807) is 21.6 Å². The van der Waals surface area contributed by atoms with E-state index in [-0.39, 0.29) is 11.5 Å². The first-order valence-corrected chi connectivity index (χ1v) is 12.2. The van der Waals surface area contributed by atoms with Gasteiger partial charge in [-0.25, -0.2) is 4.98 Å². The fourth-order valence-electron chi connectivity index (χ4n) is 3.67. The van der Waals surface area contributed by atoms with Crippen LogP contribution in [0.25, 0.3) is 11.7 Å². The van der Waals surface area contributed by atoms with Gasteiger partial charge in [0, 0.05) is 25.8 Å². The topological polar surface area (TPSA) is 57.9 Å². The maximum Gasteiger partial charge on any atom is 0.267 e. The summed E-state index contributed by atoms with van der Waals surface area (Å²) in [4.78, 5) is 35.7. The lowest BCUT2D eigenvalue weighted by Crippen LogP contribution is -2.31. The number of thioether (sulfide) groups is 1.